The van der Waals surface area contributed by atoms with Crippen molar-refractivity contribution in [2.45, 2.75) is 6.23 Å². The van der Waals surface area contributed by atoms with Crippen LogP contribution < -0.4 is 5.32 Å². The van der Waals surface area contributed by atoms with Crippen LogP contribution in [0.3, 0.4) is 0 Å². The van der Waals surface area contributed by atoms with Crippen LogP contribution in [0.1, 0.15) is 5.76 Å². The smallest absolute Gasteiger partial charge is 0.400 e. The Kier molecular flexibility index (Phi) is 2.77. The number of imide groups is 1. The van der Waals surface area contributed by atoms with Gasteiger partial charge in [0.25, 0.3) is 5.91 Å². The van der Waals surface area contributed by atoms with Crippen molar-refractivity contribution in [3.05, 3.63) is 28.0 Å². The van der Waals surface area contributed by atoms with Crippen LogP contribution in [0.2, 0.25) is 0 Å². The highest BCUT2D eigenvalue weighted by Gasteiger charge is 2.37. The minimum atomic E-state index is -1.72. The van der Waals surface area contributed by atoms with Gasteiger partial charge in [-0.25, -0.2) is 4.79 Å². The summed E-state index contributed by atoms with van der Waals surface area (Å²) in [5.74, 6) is -1.39. The van der Waals surface area contributed by atoms with Crippen LogP contribution in [0, 0.1) is 10.1 Å². The third kappa shape index (κ3) is 2.04. The summed E-state index contributed by atoms with van der Waals surface area (Å²) in [5.41, 5.74) is 0. The fraction of sp³-hybridized carbons (Fsp3) is 0.125. The second kappa shape index (κ2) is 4.25. The average molecular weight is 254 g/mol. The van der Waals surface area contributed by atoms with E-state index in [-0.39, 0.29) is 5.76 Å². The molecule has 1 aromatic rings. The molecule has 0 aromatic carbocycles. The highest BCUT2D eigenvalue weighted by molar-refractivity contribution is 6.03. The lowest BCUT2D eigenvalue weighted by Gasteiger charge is -2.08. The summed E-state index contributed by atoms with van der Waals surface area (Å²) in [6, 6.07) is 1.46. The number of hydrazone groups is 1. The molecule has 1 aliphatic heterocycles. The van der Waals surface area contributed by atoms with Gasteiger partial charge in [-0.2, -0.15) is 10.1 Å². The highest BCUT2D eigenvalue weighted by Crippen LogP contribution is 2.14. The summed E-state index contributed by atoms with van der Waals surface area (Å²) in [6.07, 6.45) is -0.757. The molecule has 94 valence electrons. The van der Waals surface area contributed by atoms with Gasteiger partial charge in [-0.1, -0.05) is 0 Å². The maximum atomic E-state index is 11.1. The zero-order valence-corrected chi connectivity index (χ0v) is 8.64. The molecule has 0 radical (unpaired) electrons. The van der Waals surface area contributed by atoms with Crippen molar-refractivity contribution in [3.63, 3.8) is 0 Å². The lowest BCUT2D eigenvalue weighted by Crippen LogP contribution is -2.30. The maximum absolute atomic E-state index is 11.1. The van der Waals surface area contributed by atoms with Gasteiger partial charge in [0.15, 0.2) is 5.76 Å². The van der Waals surface area contributed by atoms with Gasteiger partial charge in [0.1, 0.15) is 4.92 Å². The number of aliphatic hydroxyl groups is 1. The van der Waals surface area contributed by atoms with E-state index >= 15 is 0 Å². The number of nitro groups is 1. The molecule has 0 saturated carbocycles. The molecule has 0 bridgehead atoms. The highest BCUT2D eigenvalue weighted by atomic mass is 16.6. The number of carbonyl (C=O) groups is 2. The van der Waals surface area contributed by atoms with Crippen LogP contribution >= 0.6 is 0 Å². The number of aliphatic hydroxyl groups excluding tert-OH is 1. The van der Waals surface area contributed by atoms with Gasteiger partial charge in [0.2, 0.25) is 6.23 Å². The Hall–Kier alpha value is -2.75. The number of hydrogen-bond acceptors (Lipinski definition) is 7. The van der Waals surface area contributed by atoms with Crippen molar-refractivity contribution in [2.75, 3.05) is 0 Å². The molecule has 3 amide bonds. The van der Waals surface area contributed by atoms with E-state index in [2.05, 4.69) is 5.10 Å². The monoisotopic (exact) mass is 254 g/mol. The van der Waals surface area contributed by atoms with E-state index in [0.29, 0.717) is 5.01 Å². The molecule has 1 saturated heterocycles. The van der Waals surface area contributed by atoms with Gasteiger partial charge < -0.3 is 9.52 Å². The predicted octanol–water partition coefficient (Wildman–Crippen LogP) is -0.608. The number of carbonyl (C=O) groups excluding carboxylic acids is 2. The van der Waals surface area contributed by atoms with Gasteiger partial charge in [0, 0.05) is 0 Å². The second-order valence-corrected chi connectivity index (χ2v) is 3.19. The summed E-state index contributed by atoms with van der Waals surface area (Å²) in [4.78, 5) is 31.6. The zero-order valence-electron chi connectivity index (χ0n) is 8.64. The van der Waals surface area contributed by atoms with Crippen molar-refractivity contribution < 1.29 is 24.0 Å². The zero-order chi connectivity index (χ0) is 13.3. The van der Waals surface area contributed by atoms with E-state index in [1.165, 1.54) is 6.07 Å². The second-order valence-electron chi connectivity index (χ2n) is 3.19. The first kappa shape index (κ1) is 11.7. The molecule has 1 aliphatic rings. The fourth-order valence-corrected chi connectivity index (χ4v) is 1.19. The maximum Gasteiger partial charge on any atom is 0.433 e. The van der Waals surface area contributed by atoms with E-state index in [9.17, 15) is 24.8 Å². The molecular weight excluding hydrogens is 248 g/mol. The van der Waals surface area contributed by atoms with Crippen molar-refractivity contribution in [1.82, 2.24) is 10.3 Å². The Balaban J connectivity index is 2.13. The van der Waals surface area contributed by atoms with E-state index in [1.54, 1.807) is 0 Å². The Morgan fingerprint density at radius 1 is 1.56 bits per heavy atom. The third-order valence-electron chi connectivity index (χ3n) is 2.01. The molecule has 0 aliphatic carbocycles. The molecule has 10 heteroatoms. The molecule has 2 rings (SSSR count). The first-order chi connectivity index (χ1) is 8.49. The Bertz CT molecular complexity index is 550. The SMILES string of the molecule is O=C1NC(=O)N(/N=C/c2ccc([N+](=O)[O-])o2)C1O. The number of amides is 3. The molecular formula is C8H6N4O6. The number of nitrogens with one attached hydrogen (secondary N) is 1. The van der Waals surface area contributed by atoms with Crippen molar-refractivity contribution in [3.8, 4) is 0 Å². The Labute approximate surface area is 98.6 Å². The van der Waals surface area contributed by atoms with Crippen LogP contribution in [0.5, 0.6) is 0 Å². The largest absolute Gasteiger partial charge is 0.433 e. The van der Waals surface area contributed by atoms with Crippen LogP contribution in [-0.2, 0) is 4.79 Å². The number of nitrogens with zero attached hydrogens (tertiary/aromatic N) is 3. The molecule has 10 nitrogen and oxygen atoms in total. The summed E-state index contributed by atoms with van der Waals surface area (Å²) in [7, 11) is 0. The van der Waals surface area contributed by atoms with Crippen LogP contribution in [0.4, 0.5) is 10.7 Å². The normalized spacial score (nSPS) is 19.6. The molecule has 18 heavy (non-hydrogen) atoms. The van der Waals surface area contributed by atoms with E-state index in [1.807, 2.05) is 5.32 Å². The minimum Gasteiger partial charge on any atom is -0.400 e. The molecule has 1 unspecified atom stereocenters. The van der Waals surface area contributed by atoms with E-state index in [0.717, 1.165) is 12.3 Å². The number of hydrogen-bond donors (Lipinski definition) is 2. The van der Waals surface area contributed by atoms with Gasteiger partial charge in [-0.3, -0.25) is 20.2 Å². The van der Waals surface area contributed by atoms with E-state index in [4.69, 9.17) is 4.42 Å². The van der Waals surface area contributed by atoms with Crippen molar-refractivity contribution in [1.29, 1.82) is 0 Å². The van der Waals surface area contributed by atoms with Gasteiger partial charge >= 0.3 is 11.9 Å². The molecule has 1 atom stereocenters. The molecule has 0 spiro atoms. The average Bonchev–Trinajstić information content (AvgIpc) is 2.85. The summed E-state index contributed by atoms with van der Waals surface area (Å²) >= 11 is 0. The first-order valence-electron chi connectivity index (χ1n) is 4.59. The van der Waals surface area contributed by atoms with Gasteiger partial charge in [-0.15, -0.1) is 0 Å². The molecule has 2 N–H and O–H groups in total. The third-order valence-corrected chi connectivity index (χ3v) is 2.01. The lowest BCUT2D eigenvalue weighted by atomic mass is 10.5. The summed E-state index contributed by atoms with van der Waals surface area (Å²) in [5, 5.41) is 25.4. The number of urea groups is 1. The lowest BCUT2D eigenvalue weighted by molar-refractivity contribution is -0.402. The molecule has 2 heterocycles. The molecule has 1 fully saturated rings. The fourth-order valence-electron chi connectivity index (χ4n) is 1.19. The van der Waals surface area contributed by atoms with Crippen LogP contribution in [-0.4, -0.2) is 39.4 Å². The van der Waals surface area contributed by atoms with Gasteiger partial charge in [-0.05, 0) is 6.07 Å². The Morgan fingerprint density at radius 2 is 2.28 bits per heavy atom. The summed E-state index contributed by atoms with van der Waals surface area (Å²) in [6.45, 7) is 0. The Morgan fingerprint density at radius 3 is 2.78 bits per heavy atom. The van der Waals surface area contributed by atoms with Crippen molar-refractivity contribution >= 4 is 24.0 Å². The number of rotatable bonds is 3. The summed E-state index contributed by atoms with van der Waals surface area (Å²) < 4.78 is 4.73. The predicted molar refractivity (Wildman–Crippen MR) is 54.3 cm³/mol. The molecule has 1 aromatic heterocycles. The number of furan rings is 1. The van der Waals surface area contributed by atoms with Crippen molar-refractivity contribution in [2.24, 2.45) is 5.10 Å². The van der Waals surface area contributed by atoms with Gasteiger partial charge in [0.05, 0.1) is 12.3 Å². The van der Waals surface area contributed by atoms with E-state index < -0.39 is 29.0 Å². The topological polar surface area (TPSA) is 138 Å². The minimum absolute atomic E-state index is 0.000971. The quantitative estimate of drug-likeness (QED) is 0.319. The standard InChI is InChI=1S/C8H6N4O6/c13-6-7(14)11(8(15)10-6)9-3-4-1-2-5(18-4)12(16)17/h1-3,7,14H,(H,10,13,15)/b9-3+. The van der Waals surface area contributed by atoms with Crippen LogP contribution in [0.25, 0.3) is 0 Å². The first-order valence-corrected chi connectivity index (χ1v) is 4.59. The van der Waals surface area contributed by atoms with Crippen LogP contribution in [0.15, 0.2) is 21.7 Å².